The van der Waals surface area contributed by atoms with E-state index in [1.54, 1.807) is 0 Å². The highest BCUT2D eigenvalue weighted by Gasteiger charge is 2.39. The summed E-state index contributed by atoms with van der Waals surface area (Å²) >= 11 is 0. The van der Waals surface area contributed by atoms with E-state index < -0.39 is 0 Å². The van der Waals surface area contributed by atoms with E-state index in [2.05, 4.69) is 68.4 Å². The van der Waals surface area contributed by atoms with E-state index in [-0.39, 0.29) is 5.54 Å². The highest BCUT2D eigenvalue weighted by atomic mass is 15.2. The lowest BCUT2D eigenvalue weighted by Gasteiger charge is -2.49. The van der Waals surface area contributed by atoms with Gasteiger partial charge in [0.15, 0.2) is 0 Å². The number of para-hydroxylation sites is 1. The second kappa shape index (κ2) is 4.69. The predicted molar refractivity (Wildman–Crippen MR) is 74.3 cm³/mol. The second-order valence-electron chi connectivity index (χ2n) is 5.77. The molecule has 94 valence electrons. The third-order valence-corrected chi connectivity index (χ3v) is 4.60. The van der Waals surface area contributed by atoms with Crippen LogP contribution in [0.15, 0.2) is 30.3 Å². The van der Waals surface area contributed by atoms with Gasteiger partial charge in [-0.2, -0.15) is 0 Å². The third kappa shape index (κ3) is 2.47. The number of benzene rings is 1. The molecule has 0 aromatic heterocycles. The monoisotopic (exact) mass is 232 g/mol. The van der Waals surface area contributed by atoms with Gasteiger partial charge in [-0.25, -0.2) is 0 Å². The molecule has 1 fully saturated rings. The first-order valence-corrected chi connectivity index (χ1v) is 6.54. The first kappa shape index (κ1) is 12.4. The van der Waals surface area contributed by atoms with Gasteiger partial charge in [0, 0.05) is 23.8 Å². The molecule has 17 heavy (non-hydrogen) atoms. The van der Waals surface area contributed by atoms with Crippen LogP contribution in [0.2, 0.25) is 0 Å². The zero-order valence-electron chi connectivity index (χ0n) is 11.4. The Morgan fingerprint density at radius 1 is 1.24 bits per heavy atom. The molecule has 0 spiro atoms. The van der Waals surface area contributed by atoms with E-state index >= 15 is 0 Å². The number of hydrogen-bond acceptors (Lipinski definition) is 2. The lowest BCUT2D eigenvalue weighted by molar-refractivity contribution is 0.0459. The third-order valence-electron chi connectivity index (χ3n) is 4.60. The maximum absolute atomic E-state index is 3.68. The molecule has 2 heteroatoms. The molecule has 1 N–H and O–H groups in total. The van der Waals surface area contributed by atoms with Crippen molar-refractivity contribution >= 4 is 5.69 Å². The van der Waals surface area contributed by atoms with Gasteiger partial charge in [0.1, 0.15) is 0 Å². The van der Waals surface area contributed by atoms with E-state index in [9.17, 15) is 0 Å². The van der Waals surface area contributed by atoms with Gasteiger partial charge >= 0.3 is 0 Å². The quantitative estimate of drug-likeness (QED) is 0.842. The molecule has 0 saturated carbocycles. The summed E-state index contributed by atoms with van der Waals surface area (Å²) in [4.78, 5) is 2.47. The molecule has 1 aliphatic rings. The minimum Gasteiger partial charge on any atom is -0.382 e. The van der Waals surface area contributed by atoms with Crippen molar-refractivity contribution < 1.29 is 0 Å². The van der Waals surface area contributed by atoms with Crippen LogP contribution < -0.4 is 5.32 Å². The van der Waals surface area contributed by atoms with Crippen LogP contribution in [0, 0.1) is 5.92 Å². The molecule has 2 rings (SSSR count). The van der Waals surface area contributed by atoms with Gasteiger partial charge in [-0.05, 0) is 45.4 Å². The molecular formula is C15H24N2. The molecule has 2 atom stereocenters. The fourth-order valence-corrected chi connectivity index (χ4v) is 2.66. The van der Waals surface area contributed by atoms with Crippen molar-refractivity contribution in [2.45, 2.75) is 38.8 Å². The highest BCUT2D eigenvalue weighted by molar-refractivity contribution is 5.43. The normalized spacial score (nSPS) is 28.9. The van der Waals surface area contributed by atoms with Crippen molar-refractivity contribution in [2.24, 2.45) is 5.92 Å². The van der Waals surface area contributed by atoms with Gasteiger partial charge in [-0.15, -0.1) is 0 Å². The Hall–Kier alpha value is -1.02. The molecule has 1 heterocycles. The fraction of sp³-hybridized carbons (Fsp3) is 0.600. The molecule has 1 aromatic carbocycles. The van der Waals surface area contributed by atoms with E-state index in [0.717, 1.165) is 0 Å². The summed E-state index contributed by atoms with van der Waals surface area (Å²) < 4.78 is 0. The number of rotatable bonds is 2. The molecular weight excluding hydrogens is 208 g/mol. The van der Waals surface area contributed by atoms with Crippen molar-refractivity contribution in [3.8, 4) is 0 Å². The number of anilines is 1. The lowest BCUT2D eigenvalue weighted by Crippen LogP contribution is -2.57. The Kier molecular flexibility index (Phi) is 3.43. The van der Waals surface area contributed by atoms with Gasteiger partial charge < -0.3 is 10.2 Å². The van der Waals surface area contributed by atoms with Crippen LogP contribution in [-0.2, 0) is 0 Å². The van der Waals surface area contributed by atoms with E-state index in [1.807, 2.05) is 0 Å². The van der Waals surface area contributed by atoms with Crippen LogP contribution in [-0.4, -0.2) is 30.1 Å². The molecule has 2 unspecified atom stereocenters. The fourth-order valence-electron chi connectivity index (χ4n) is 2.66. The van der Waals surface area contributed by atoms with Crippen LogP contribution in [0.3, 0.4) is 0 Å². The molecule has 0 radical (unpaired) electrons. The van der Waals surface area contributed by atoms with Gasteiger partial charge in [-0.3, -0.25) is 0 Å². The Bertz CT molecular complexity index is 358. The van der Waals surface area contributed by atoms with Crippen LogP contribution in [0.4, 0.5) is 5.69 Å². The summed E-state index contributed by atoms with van der Waals surface area (Å²) in [5.41, 5.74) is 1.51. The first-order chi connectivity index (χ1) is 8.01. The first-order valence-electron chi connectivity index (χ1n) is 6.54. The molecule has 1 aliphatic heterocycles. The predicted octanol–water partition coefficient (Wildman–Crippen LogP) is 3.22. The second-order valence-corrected chi connectivity index (χ2v) is 5.77. The maximum Gasteiger partial charge on any atom is 0.0342 e. The van der Waals surface area contributed by atoms with Crippen molar-refractivity contribution in [1.82, 2.24) is 4.90 Å². The van der Waals surface area contributed by atoms with E-state index in [1.165, 1.54) is 18.7 Å². The highest BCUT2D eigenvalue weighted by Crippen LogP contribution is 2.33. The summed E-state index contributed by atoms with van der Waals surface area (Å²) in [6.07, 6.45) is 1.22. The van der Waals surface area contributed by atoms with E-state index in [0.29, 0.717) is 12.0 Å². The summed E-state index contributed by atoms with van der Waals surface area (Å²) in [5, 5.41) is 3.68. The van der Waals surface area contributed by atoms with Crippen LogP contribution in [0.5, 0.6) is 0 Å². The summed E-state index contributed by atoms with van der Waals surface area (Å²) in [7, 11) is 2.23. The van der Waals surface area contributed by atoms with Crippen molar-refractivity contribution in [3.63, 3.8) is 0 Å². The summed E-state index contributed by atoms with van der Waals surface area (Å²) in [6.45, 7) is 8.21. The molecule has 1 aromatic rings. The van der Waals surface area contributed by atoms with Crippen LogP contribution in [0.1, 0.15) is 27.2 Å². The largest absolute Gasteiger partial charge is 0.382 e. The number of piperidine rings is 1. The number of hydrogen-bond donors (Lipinski definition) is 1. The smallest absolute Gasteiger partial charge is 0.0342 e. The van der Waals surface area contributed by atoms with Crippen molar-refractivity contribution in [2.75, 3.05) is 18.9 Å². The van der Waals surface area contributed by atoms with E-state index in [4.69, 9.17) is 0 Å². The Labute approximate surface area is 105 Å². The molecule has 0 aliphatic carbocycles. The van der Waals surface area contributed by atoms with Gasteiger partial charge in [0.2, 0.25) is 0 Å². The molecule has 1 saturated heterocycles. The standard InChI is InChI=1S/C15H24N2/c1-12-14(10-11-17(4)15(12,2)3)16-13-8-6-5-7-9-13/h5-9,12,14,16H,10-11H2,1-4H3. The van der Waals surface area contributed by atoms with Gasteiger partial charge in [0.05, 0.1) is 0 Å². The average Bonchev–Trinajstić information content (AvgIpc) is 2.32. The van der Waals surface area contributed by atoms with Crippen LogP contribution in [0.25, 0.3) is 0 Å². The summed E-state index contributed by atoms with van der Waals surface area (Å²) in [5.74, 6) is 0.640. The average molecular weight is 232 g/mol. The summed E-state index contributed by atoms with van der Waals surface area (Å²) in [6, 6.07) is 11.1. The SMILES string of the molecule is CC1C(Nc2ccccc2)CCN(C)C1(C)C. The maximum atomic E-state index is 3.68. The number of likely N-dealkylation sites (tertiary alicyclic amines) is 1. The number of nitrogens with zero attached hydrogens (tertiary/aromatic N) is 1. The molecule has 0 bridgehead atoms. The molecule has 0 amide bonds. The Balaban J connectivity index is 2.08. The van der Waals surface area contributed by atoms with Gasteiger partial charge in [0.25, 0.3) is 0 Å². The Morgan fingerprint density at radius 2 is 1.88 bits per heavy atom. The zero-order chi connectivity index (χ0) is 12.5. The Morgan fingerprint density at radius 3 is 2.53 bits per heavy atom. The number of nitrogens with one attached hydrogen (secondary N) is 1. The topological polar surface area (TPSA) is 15.3 Å². The minimum absolute atomic E-state index is 0.269. The van der Waals surface area contributed by atoms with Crippen molar-refractivity contribution in [1.29, 1.82) is 0 Å². The minimum atomic E-state index is 0.269. The molecule has 2 nitrogen and oxygen atoms in total. The zero-order valence-corrected chi connectivity index (χ0v) is 11.4. The van der Waals surface area contributed by atoms with Crippen molar-refractivity contribution in [3.05, 3.63) is 30.3 Å². The van der Waals surface area contributed by atoms with Crippen LogP contribution >= 0.6 is 0 Å². The van der Waals surface area contributed by atoms with Gasteiger partial charge in [-0.1, -0.05) is 25.1 Å². The lowest BCUT2D eigenvalue weighted by atomic mass is 9.77.